The fourth-order valence-electron chi connectivity index (χ4n) is 3.64. The van der Waals surface area contributed by atoms with E-state index in [9.17, 15) is 9.59 Å². The van der Waals surface area contributed by atoms with Gasteiger partial charge in [0.2, 0.25) is 5.91 Å². The van der Waals surface area contributed by atoms with Crippen molar-refractivity contribution in [2.45, 2.75) is 12.8 Å². The fourth-order valence-corrected chi connectivity index (χ4v) is 3.77. The van der Waals surface area contributed by atoms with E-state index >= 15 is 0 Å². The van der Waals surface area contributed by atoms with Crippen molar-refractivity contribution in [2.75, 3.05) is 18.4 Å². The molecule has 0 spiro atoms. The number of nitrogens with zero attached hydrogens (tertiary/aromatic N) is 4. The van der Waals surface area contributed by atoms with Gasteiger partial charge >= 0.3 is 0 Å². The number of hydrogen-bond acceptors (Lipinski definition) is 4. The largest absolute Gasteiger partial charge is 0.339 e. The van der Waals surface area contributed by atoms with Crippen molar-refractivity contribution in [3.8, 4) is 11.4 Å². The van der Waals surface area contributed by atoms with E-state index in [2.05, 4.69) is 15.5 Å². The summed E-state index contributed by atoms with van der Waals surface area (Å²) in [5.41, 5.74) is 2.22. The van der Waals surface area contributed by atoms with Crippen molar-refractivity contribution >= 4 is 29.1 Å². The molecule has 2 amide bonds. The summed E-state index contributed by atoms with van der Waals surface area (Å²) in [5, 5.41) is 11.6. The lowest BCUT2D eigenvalue weighted by atomic mass is 9.95. The summed E-state index contributed by atoms with van der Waals surface area (Å²) >= 11 is 5.89. The number of amides is 2. The second kappa shape index (κ2) is 8.67. The third-order valence-electron chi connectivity index (χ3n) is 5.34. The van der Waals surface area contributed by atoms with Gasteiger partial charge in [-0.05, 0) is 49.2 Å². The van der Waals surface area contributed by atoms with E-state index in [4.69, 9.17) is 11.6 Å². The predicted molar refractivity (Wildman–Crippen MR) is 115 cm³/mol. The Morgan fingerprint density at radius 3 is 2.50 bits per heavy atom. The maximum atomic E-state index is 12.8. The highest BCUT2D eigenvalue weighted by molar-refractivity contribution is 6.30. The Hall–Kier alpha value is -3.19. The Labute approximate surface area is 179 Å². The molecule has 2 aromatic carbocycles. The standard InChI is InChI=1S/C22H22ClN5O2/c1-27-14-24-26-20(27)17-3-2-4-19(13-17)25-21(29)15-9-11-28(12-10-15)22(30)16-5-7-18(23)8-6-16/h2-8,13-15H,9-12H2,1H3,(H,25,29). The van der Waals surface area contributed by atoms with Crippen LogP contribution in [0.1, 0.15) is 23.2 Å². The van der Waals surface area contributed by atoms with E-state index in [1.807, 2.05) is 35.9 Å². The van der Waals surface area contributed by atoms with Crippen molar-refractivity contribution < 1.29 is 9.59 Å². The third kappa shape index (κ3) is 4.36. The van der Waals surface area contributed by atoms with Crippen LogP contribution in [0.5, 0.6) is 0 Å². The van der Waals surface area contributed by atoms with Crippen molar-refractivity contribution in [3.05, 3.63) is 65.4 Å². The highest BCUT2D eigenvalue weighted by Gasteiger charge is 2.28. The molecule has 1 fully saturated rings. The van der Waals surface area contributed by atoms with Gasteiger partial charge in [0.05, 0.1) is 0 Å². The number of carbonyl (C=O) groups excluding carboxylic acids is 2. The summed E-state index contributed by atoms with van der Waals surface area (Å²) in [6.07, 6.45) is 2.90. The van der Waals surface area contributed by atoms with Crippen LogP contribution in [0.4, 0.5) is 5.69 Å². The molecule has 0 aliphatic carbocycles. The average Bonchev–Trinajstić information content (AvgIpc) is 3.20. The third-order valence-corrected chi connectivity index (χ3v) is 5.60. The molecule has 1 aliphatic rings. The number of aryl methyl sites for hydroxylation is 1. The molecule has 154 valence electrons. The Kier molecular flexibility index (Phi) is 5.81. The first-order valence-corrected chi connectivity index (χ1v) is 10.2. The maximum Gasteiger partial charge on any atom is 0.253 e. The van der Waals surface area contributed by atoms with Gasteiger partial charge in [-0.25, -0.2) is 0 Å². The predicted octanol–water partition coefficient (Wildman–Crippen LogP) is 3.63. The van der Waals surface area contributed by atoms with Crippen molar-refractivity contribution in [1.82, 2.24) is 19.7 Å². The van der Waals surface area contributed by atoms with Gasteiger partial charge in [-0.2, -0.15) is 0 Å². The van der Waals surface area contributed by atoms with E-state index in [0.717, 1.165) is 17.1 Å². The van der Waals surface area contributed by atoms with E-state index < -0.39 is 0 Å². The summed E-state index contributed by atoms with van der Waals surface area (Å²) in [6, 6.07) is 14.4. The number of piperidine rings is 1. The minimum absolute atomic E-state index is 0.0243. The van der Waals surface area contributed by atoms with Crippen LogP contribution < -0.4 is 5.32 Å². The first-order valence-electron chi connectivity index (χ1n) is 9.81. The van der Waals surface area contributed by atoms with Crippen LogP contribution in [0.3, 0.4) is 0 Å². The summed E-state index contributed by atoms with van der Waals surface area (Å²) in [4.78, 5) is 27.2. The normalized spacial score (nSPS) is 14.5. The Bertz CT molecular complexity index is 1060. The number of rotatable bonds is 4. The minimum atomic E-state index is -0.127. The van der Waals surface area contributed by atoms with Crippen LogP contribution in [0.15, 0.2) is 54.9 Å². The molecule has 2 heterocycles. The zero-order valence-electron chi connectivity index (χ0n) is 16.6. The van der Waals surface area contributed by atoms with Crippen LogP contribution >= 0.6 is 11.6 Å². The Balaban J connectivity index is 1.35. The lowest BCUT2D eigenvalue weighted by molar-refractivity contribution is -0.121. The first kappa shape index (κ1) is 20.1. The topological polar surface area (TPSA) is 80.1 Å². The van der Waals surface area contributed by atoms with Crippen LogP contribution in [0.25, 0.3) is 11.4 Å². The van der Waals surface area contributed by atoms with Crippen LogP contribution in [0, 0.1) is 5.92 Å². The average molecular weight is 424 g/mol. The second-order valence-electron chi connectivity index (χ2n) is 7.41. The van der Waals surface area contributed by atoms with Gasteiger partial charge in [0.15, 0.2) is 5.82 Å². The molecule has 0 bridgehead atoms. The van der Waals surface area contributed by atoms with E-state index in [1.54, 1.807) is 35.5 Å². The Morgan fingerprint density at radius 1 is 1.10 bits per heavy atom. The molecule has 8 heteroatoms. The number of hydrogen-bond donors (Lipinski definition) is 1. The fraction of sp³-hybridized carbons (Fsp3) is 0.273. The summed E-state index contributed by atoms with van der Waals surface area (Å²) in [7, 11) is 1.87. The van der Waals surface area contributed by atoms with Crippen molar-refractivity contribution in [3.63, 3.8) is 0 Å². The molecule has 0 atom stereocenters. The summed E-state index contributed by atoms with van der Waals surface area (Å²) in [6.45, 7) is 1.11. The highest BCUT2D eigenvalue weighted by atomic mass is 35.5. The molecule has 0 saturated carbocycles. The number of likely N-dealkylation sites (tertiary alicyclic amines) is 1. The molecule has 0 radical (unpaired) electrons. The van der Waals surface area contributed by atoms with Crippen LogP contribution in [0.2, 0.25) is 5.02 Å². The Morgan fingerprint density at radius 2 is 1.83 bits per heavy atom. The highest BCUT2D eigenvalue weighted by Crippen LogP contribution is 2.24. The van der Waals surface area contributed by atoms with Crippen molar-refractivity contribution in [1.29, 1.82) is 0 Å². The molecule has 7 nitrogen and oxygen atoms in total. The number of aromatic nitrogens is 3. The van der Waals surface area contributed by atoms with Crippen molar-refractivity contribution in [2.24, 2.45) is 13.0 Å². The summed E-state index contributed by atoms with van der Waals surface area (Å²) < 4.78 is 1.83. The SMILES string of the molecule is Cn1cnnc1-c1cccc(NC(=O)C2CCN(C(=O)c3ccc(Cl)cc3)CC2)c1. The van der Waals surface area contributed by atoms with Gasteiger partial charge in [0.25, 0.3) is 5.91 Å². The number of benzene rings is 2. The molecule has 1 N–H and O–H groups in total. The lowest BCUT2D eigenvalue weighted by Crippen LogP contribution is -2.41. The summed E-state index contributed by atoms with van der Waals surface area (Å²) in [5.74, 6) is 0.559. The minimum Gasteiger partial charge on any atom is -0.339 e. The molecule has 0 unspecified atom stereocenters. The molecule has 4 rings (SSSR count). The van der Waals surface area contributed by atoms with E-state index in [1.165, 1.54) is 0 Å². The van der Waals surface area contributed by atoms with Gasteiger partial charge in [-0.1, -0.05) is 23.7 Å². The number of carbonyl (C=O) groups is 2. The zero-order valence-corrected chi connectivity index (χ0v) is 17.3. The van der Waals surface area contributed by atoms with Gasteiger partial charge in [0, 0.05) is 47.9 Å². The smallest absolute Gasteiger partial charge is 0.253 e. The van der Waals surface area contributed by atoms with Crippen LogP contribution in [-0.2, 0) is 11.8 Å². The molecule has 1 saturated heterocycles. The number of halogens is 1. The van der Waals surface area contributed by atoms with Gasteiger partial charge in [0.1, 0.15) is 6.33 Å². The zero-order chi connectivity index (χ0) is 21.1. The van der Waals surface area contributed by atoms with E-state index in [0.29, 0.717) is 36.5 Å². The first-order chi connectivity index (χ1) is 14.5. The van der Waals surface area contributed by atoms with Gasteiger partial charge < -0.3 is 14.8 Å². The monoisotopic (exact) mass is 423 g/mol. The number of anilines is 1. The molecule has 30 heavy (non-hydrogen) atoms. The number of nitrogens with one attached hydrogen (secondary N) is 1. The van der Waals surface area contributed by atoms with Gasteiger partial charge in [-0.3, -0.25) is 9.59 Å². The maximum absolute atomic E-state index is 12.8. The molecule has 1 aliphatic heterocycles. The van der Waals surface area contributed by atoms with E-state index in [-0.39, 0.29) is 17.7 Å². The quantitative estimate of drug-likeness (QED) is 0.694. The molecule has 3 aromatic rings. The van der Waals surface area contributed by atoms with Crippen LogP contribution in [-0.4, -0.2) is 44.6 Å². The van der Waals surface area contributed by atoms with Gasteiger partial charge in [-0.15, -0.1) is 10.2 Å². The second-order valence-corrected chi connectivity index (χ2v) is 7.85. The molecule has 1 aromatic heterocycles. The lowest BCUT2D eigenvalue weighted by Gasteiger charge is -2.31. The molecular formula is C22H22ClN5O2. The molecular weight excluding hydrogens is 402 g/mol.